The maximum atomic E-state index is 12.5. The van der Waals surface area contributed by atoms with E-state index in [1.807, 2.05) is 30.3 Å². The van der Waals surface area contributed by atoms with Gasteiger partial charge >= 0.3 is 0 Å². The minimum Gasteiger partial charge on any atom is -0.497 e. The lowest BCUT2D eigenvalue weighted by Crippen LogP contribution is -2.25. The van der Waals surface area contributed by atoms with E-state index < -0.39 is 0 Å². The van der Waals surface area contributed by atoms with Crippen molar-refractivity contribution in [1.82, 2.24) is 4.98 Å². The molecule has 3 rings (SSSR count). The molecule has 0 aliphatic carbocycles. The van der Waals surface area contributed by atoms with Gasteiger partial charge in [-0.1, -0.05) is 29.5 Å². The van der Waals surface area contributed by atoms with Crippen LogP contribution in [0.5, 0.6) is 5.75 Å². The molecule has 1 amide bonds. The van der Waals surface area contributed by atoms with Gasteiger partial charge in [0.15, 0.2) is 5.13 Å². The Kier molecular flexibility index (Phi) is 3.58. The topological polar surface area (TPSA) is 42.4 Å². The third-order valence-electron chi connectivity index (χ3n) is 3.19. The van der Waals surface area contributed by atoms with Crippen molar-refractivity contribution in [1.29, 1.82) is 0 Å². The first-order valence-electron chi connectivity index (χ1n) is 6.47. The van der Waals surface area contributed by atoms with E-state index in [4.69, 9.17) is 4.74 Å². The number of carbonyl (C=O) groups is 1. The summed E-state index contributed by atoms with van der Waals surface area (Å²) in [5.41, 5.74) is 1.49. The second-order valence-electron chi connectivity index (χ2n) is 4.56. The highest BCUT2D eigenvalue weighted by Gasteiger charge is 2.17. The molecular weight excluding hydrogens is 284 g/mol. The number of carbonyl (C=O) groups excluding carboxylic acids is 1. The number of aromatic nitrogens is 1. The molecule has 0 bridgehead atoms. The number of methoxy groups -OCH3 is 1. The Labute approximate surface area is 126 Å². The molecule has 0 spiro atoms. The van der Waals surface area contributed by atoms with Crippen LogP contribution in [0, 0.1) is 0 Å². The maximum absolute atomic E-state index is 12.5. The summed E-state index contributed by atoms with van der Waals surface area (Å²) in [6.07, 6.45) is 0. The zero-order valence-electron chi connectivity index (χ0n) is 11.7. The van der Waals surface area contributed by atoms with Crippen molar-refractivity contribution >= 4 is 32.6 Å². The fraction of sp³-hybridized carbons (Fsp3) is 0.125. The molecule has 1 heterocycles. The Morgan fingerprint density at radius 2 is 2.00 bits per heavy atom. The van der Waals surface area contributed by atoms with Crippen LogP contribution in [0.4, 0.5) is 5.13 Å². The summed E-state index contributed by atoms with van der Waals surface area (Å²) in [6.45, 7) is 0. The highest BCUT2D eigenvalue weighted by Crippen LogP contribution is 2.28. The molecule has 0 saturated carbocycles. The Bertz CT molecular complexity index is 765. The SMILES string of the molecule is COc1cccc(C(=O)N(C)c2nc3ccccc3s2)c1. The molecule has 0 aliphatic rings. The lowest BCUT2D eigenvalue weighted by molar-refractivity contribution is 0.0992. The largest absolute Gasteiger partial charge is 0.497 e. The number of hydrogen-bond acceptors (Lipinski definition) is 4. The minimum atomic E-state index is -0.104. The first-order chi connectivity index (χ1) is 10.2. The lowest BCUT2D eigenvalue weighted by atomic mass is 10.2. The number of amides is 1. The second kappa shape index (κ2) is 5.54. The number of para-hydroxylation sites is 1. The van der Waals surface area contributed by atoms with Crippen LogP contribution < -0.4 is 9.64 Å². The predicted octanol–water partition coefficient (Wildman–Crippen LogP) is 3.58. The van der Waals surface area contributed by atoms with Gasteiger partial charge in [0.2, 0.25) is 0 Å². The van der Waals surface area contributed by atoms with Gasteiger partial charge in [-0.15, -0.1) is 0 Å². The molecule has 0 fully saturated rings. The molecule has 0 atom stereocenters. The number of hydrogen-bond donors (Lipinski definition) is 0. The van der Waals surface area contributed by atoms with Gasteiger partial charge in [-0.3, -0.25) is 9.69 Å². The molecule has 21 heavy (non-hydrogen) atoms. The van der Waals surface area contributed by atoms with Crippen molar-refractivity contribution in [2.75, 3.05) is 19.1 Å². The van der Waals surface area contributed by atoms with E-state index in [1.165, 1.54) is 11.3 Å². The van der Waals surface area contributed by atoms with Crippen molar-refractivity contribution < 1.29 is 9.53 Å². The molecule has 106 valence electrons. The molecule has 4 nitrogen and oxygen atoms in total. The van der Waals surface area contributed by atoms with Gasteiger partial charge in [-0.05, 0) is 30.3 Å². The Balaban J connectivity index is 1.93. The van der Waals surface area contributed by atoms with Gasteiger partial charge in [0.05, 0.1) is 17.3 Å². The van der Waals surface area contributed by atoms with Crippen LogP contribution in [0.1, 0.15) is 10.4 Å². The smallest absolute Gasteiger partial charge is 0.259 e. The first kappa shape index (κ1) is 13.6. The van der Waals surface area contributed by atoms with Crippen molar-refractivity contribution in [3.8, 4) is 5.75 Å². The van der Waals surface area contributed by atoms with Gasteiger partial charge in [-0.2, -0.15) is 0 Å². The number of fused-ring (bicyclic) bond motifs is 1. The van der Waals surface area contributed by atoms with E-state index in [0.29, 0.717) is 16.4 Å². The zero-order valence-corrected chi connectivity index (χ0v) is 12.6. The molecule has 3 aromatic rings. The van der Waals surface area contributed by atoms with E-state index in [9.17, 15) is 4.79 Å². The van der Waals surface area contributed by atoms with Crippen molar-refractivity contribution in [2.24, 2.45) is 0 Å². The average Bonchev–Trinajstić information content (AvgIpc) is 2.97. The summed E-state index contributed by atoms with van der Waals surface area (Å²) >= 11 is 1.50. The van der Waals surface area contributed by atoms with Crippen LogP contribution in [0.2, 0.25) is 0 Å². The molecule has 1 aromatic heterocycles. The third kappa shape index (κ3) is 2.60. The van der Waals surface area contributed by atoms with E-state index in [-0.39, 0.29) is 5.91 Å². The van der Waals surface area contributed by atoms with Crippen LogP contribution in [0.3, 0.4) is 0 Å². The van der Waals surface area contributed by atoms with Crippen molar-refractivity contribution in [2.45, 2.75) is 0 Å². The van der Waals surface area contributed by atoms with E-state index in [2.05, 4.69) is 4.98 Å². The fourth-order valence-electron chi connectivity index (χ4n) is 2.04. The summed E-state index contributed by atoms with van der Waals surface area (Å²) in [6, 6.07) is 15.0. The highest BCUT2D eigenvalue weighted by molar-refractivity contribution is 7.22. The van der Waals surface area contributed by atoms with Crippen molar-refractivity contribution in [3.05, 3.63) is 54.1 Å². The van der Waals surface area contributed by atoms with E-state index in [1.54, 1.807) is 37.3 Å². The molecule has 5 heteroatoms. The number of benzene rings is 2. The molecule has 0 N–H and O–H groups in total. The summed E-state index contributed by atoms with van der Waals surface area (Å²) in [4.78, 5) is 18.6. The zero-order chi connectivity index (χ0) is 14.8. The standard InChI is InChI=1S/C16H14N2O2S/c1-18(15(19)11-6-5-7-12(10-11)20-2)16-17-13-8-3-4-9-14(13)21-16/h3-10H,1-2H3. The Morgan fingerprint density at radius 1 is 1.19 bits per heavy atom. The molecule has 0 unspecified atom stereocenters. The number of rotatable bonds is 3. The average molecular weight is 298 g/mol. The lowest BCUT2D eigenvalue weighted by Gasteiger charge is -2.14. The van der Waals surface area contributed by atoms with Gasteiger partial charge in [0.25, 0.3) is 5.91 Å². The number of anilines is 1. The number of nitrogens with zero attached hydrogens (tertiary/aromatic N) is 2. The fourth-order valence-corrected chi connectivity index (χ4v) is 2.97. The third-order valence-corrected chi connectivity index (χ3v) is 4.30. The molecule has 0 aliphatic heterocycles. The molecular formula is C16H14N2O2S. The molecule has 2 aromatic carbocycles. The number of thiazole rings is 1. The van der Waals surface area contributed by atoms with E-state index in [0.717, 1.165) is 10.2 Å². The van der Waals surface area contributed by atoms with E-state index >= 15 is 0 Å². The van der Waals surface area contributed by atoms with Crippen LogP contribution >= 0.6 is 11.3 Å². The monoisotopic (exact) mass is 298 g/mol. The predicted molar refractivity (Wildman–Crippen MR) is 85.3 cm³/mol. The Hall–Kier alpha value is -2.40. The van der Waals surface area contributed by atoms with Crippen LogP contribution in [0.15, 0.2) is 48.5 Å². The second-order valence-corrected chi connectivity index (χ2v) is 5.57. The summed E-state index contributed by atoms with van der Waals surface area (Å²) in [5.74, 6) is 0.562. The van der Waals surface area contributed by atoms with Gasteiger partial charge < -0.3 is 4.74 Å². The summed E-state index contributed by atoms with van der Waals surface area (Å²) in [7, 11) is 3.32. The van der Waals surface area contributed by atoms with Crippen LogP contribution in [-0.4, -0.2) is 25.0 Å². The van der Waals surface area contributed by atoms with Crippen molar-refractivity contribution in [3.63, 3.8) is 0 Å². The quantitative estimate of drug-likeness (QED) is 0.742. The summed E-state index contributed by atoms with van der Waals surface area (Å²) < 4.78 is 6.22. The van der Waals surface area contributed by atoms with Gasteiger partial charge in [0, 0.05) is 12.6 Å². The van der Waals surface area contributed by atoms with Gasteiger partial charge in [-0.25, -0.2) is 4.98 Å². The minimum absolute atomic E-state index is 0.104. The van der Waals surface area contributed by atoms with Crippen LogP contribution in [-0.2, 0) is 0 Å². The molecule has 0 saturated heterocycles. The Morgan fingerprint density at radius 3 is 2.76 bits per heavy atom. The first-order valence-corrected chi connectivity index (χ1v) is 7.28. The molecule has 0 radical (unpaired) electrons. The van der Waals surface area contributed by atoms with Gasteiger partial charge in [0.1, 0.15) is 5.75 Å². The van der Waals surface area contributed by atoms with Crippen LogP contribution in [0.25, 0.3) is 10.2 Å². The highest BCUT2D eigenvalue weighted by atomic mass is 32.1. The number of ether oxygens (including phenoxy) is 1. The maximum Gasteiger partial charge on any atom is 0.259 e. The normalized spacial score (nSPS) is 10.6. The summed E-state index contributed by atoms with van der Waals surface area (Å²) in [5, 5.41) is 0.684.